The molecule has 2 aromatic rings. The molecule has 140 valence electrons. The van der Waals surface area contributed by atoms with E-state index in [9.17, 15) is 9.59 Å². The number of nitrogens with one attached hydrogen (secondary N) is 2. The fourth-order valence-electron chi connectivity index (χ4n) is 2.65. The Morgan fingerprint density at radius 3 is 2.65 bits per heavy atom. The minimum atomic E-state index is -0.320. The molecule has 0 aliphatic carbocycles. The molecule has 0 unspecified atom stereocenters. The van der Waals surface area contributed by atoms with Gasteiger partial charge in [-0.2, -0.15) is 0 Å². The van der Waals surface area contributed by atoms with Gasteiger partial charge < -0.3 is 15.2 Å². The van der Waals surface area contributed by atoms with Crippen molar-refractivity contribution in [2.75, 3.05) is 18.4 Å². The average Bonchev–Trinajstić information content (AvgIpc) is 2.59. The van der Waals surface area contributed by atoms with Gasteiger partial charge in [0.2, 0.25) is 0 Å². The summed E-state index contributed by atoms with van der Waals surface area (Å²) in [5.74, 6) is 0.183. The predicted molar refractivity (Wildman–Crippen MR) is 105 cm³/mol. The van der Waals surface area contributed by atoms with Crippen LogP contribution in [0.25, 0.3) is 0 Å². The van der Waals surface area contributed by atoms with Gasteiger partial charge in [-0.05, 0) is 49.4 Å². The number of pyridine rings is 2. The van der Waals surface area contributed by atoms with Gasteiger partial charge in [0, 0.05) is 43.9 Å². The molecule has 2 heterocycles. The second-order valence-electron chi connectivity index (χ2n) is 6.93. The number of hydrogen-bond donors (Lipinski definition) is 2. The molecule has 0 saturated carbocycles. The van der Waals surface area contributed by atoms with Crippen molar-refractivity contribution in [2.24, 2.45) is 5.92 Å². The second-order valence-corrected chi connectivity index (χ2v) is 6.93. The van der Waals surface area contributed by atoms with Gasteiger partial charge in [0.1, 0.15) is 5.56 Å². The van der Waals surface area contributed by atoms with Crippen molar-refractivity contribution in [3.05, 3.63) is 57.8 Å². The molecular weight excluding hydrogens is 328 g/mol. The lowest BCUT2D eigenvalue weighted by molar-refractivity contribution is 0.0952. The van der Waals surface area contributed by atoms with Crippen LogP contribution < -0.4 is 16.2 Å². The molecule has 26 heavy (non-hydrogen) atoms. The highest BCUT2D eigenvalue weighted by atomic mass is 16.2. The number of aryl methyl sites for hydroxylation is 3. The molecule has 0 aliphatic heterocycles. The summed E-state index contributed by atoms with van der Waals surface area (Å²) in [5, 5.41) is 6.09. The van der Waals surface area contributed by atoms with Crippen LogP contribution in [0.15, 0.2) is 35.5 Å². The summed E-state index contributed by atoms with van der Waals surface area (Å²) in [6.07, 6.45) is 6.18. The largest absolute Gasteiger partial charge is 0.383 e. The van der Waals surface area contributed by atoms with Crippen molar-refractivity contribution >= 4 is 11.6 Å². The molecule has 0 radical (unpaired) electrons. The van der Waals surface area contributed by atoms with Crippen molar-refractivity contribution < 1.29 is 4.79 Å². The Balaban J connectivity index is 1.97. The predicted octanol–water partition coefficient (Wildman–Crippen LogP) is 2.75. The number of aromatic nitrogens is 2. The van der Waals surface area contributed by atoms with Crippen LogP contribution in [-0.4, -0.2) is 28.5 Å². The first-order valence-electron chi connectivity index (χ1n) is 9.03. The van der Waals surface area contributed by atoms with Gasteiger partial charge in [-0.15, -0.1) is 0 Å². The third kappa shape index (κ3) is 5.18. The molecule has 0 saturated heterocycles. The summed E-state index contributed by atoms with van der Waals surface area (Å²) < 4.78 is 1.63. The zero-order valence-electron chi connectivity index (χ0n) is 16.0. The van der Waals surface area contributed by atoms with E-state index in [-0.39, 0.29) is 17.0 Å². The molecule has 2 N–H and O–H groups in total. The first-order valence-corrected chi connectivity index (χ1v) is 9.03. The van der Waals surface area contributed by atoms with Crippen LogP contribution in [0.2, 0.25) is 0 Å². The van der Waals surface area contributed by atoms with Crippen molar-refractivity contribution in [1.82, 2.24) is 14.9 Å². The highest BCUT2D eigenvalue weighted by Gasteiger charge is 2.15. The van der Waals surface area contributed by atoms with Gasteiger partial charge in [-0.3, -0.25) is 14.6 Å². The highest BCUT2D eigenvalue weighted by Crippen LogP contribution is 2.10. The standard InChI is InChI=1S/C20H28N4O2/c1-14(2)6-11-24-12-7-15(3)18(20(24)26)19(25)23-10-9-22-17-5-8-21-13-16(17)4/h5,7-8,12-14H,6,9-11H2,1-4H3,(H,21,22)(H,23,25). The zero-order valence-corrected chi connectivity index (χ0v) is 16.0. The van der Waals surface area contributed by atoms with E-state index in [4.69, 9.17) is 0 Å². The fraction of sp³-hybridized carbons (Fsp3) is 0.450. The van der Waals surface area contributed by atoms with Crippen LogP contribution >= 0.6 is 0 Å². The third-order valence-corrected chi connectivity index (χ3v) is 4.29. The normalized spacial score (nSPS) is 10.8. The Bertz CT molecular complexity index is 812. The second kappa shape index (κ2) is 9.17. The molecule has 0 aliphatic rings. The van der Waals surface area contributed by atoms with E-state index in [1.54, 1.807) is 30.1 Å². The molecule has 0 fully saturated rings. The van der Waals surface area contributed by atoms with E-state index >= 15 is 0 Å². The molecule has 0 atom stereocenters. The molecular formula is C20H28N4O2. The molecule has 6 heteroatoms. The van der Waals surface area contributed by atoms with Gasteiger partial charge in [0.25, 0.3) is 11.5 Å². The Morgan fingerprint density at radius 1 is 1.19 bits per heavy atom. The maximum atomic E-state index is 12.6. The molecule has 2 rings (SSSR count). The molecule has 0 aromatic carbocycles. The van der Waals surface area contributed by atoms with Crippen LogP contribution in [0.1, 0.15) is 41.8 Å². The maximum Gasteiger partial charge on any atom is 0.263 e. The molecule has 2 aromatic heterocycles. The van der Waals surface area contributed by atoms with Crippen LogP contribution in [0.4, 0.5) is 5.69 Å². The zero-order chi connectivity index (χ0) is 19.1. The van der Waals surface area contributed by atoms with E-state index in [1.807, 2.05) is 19.1 Å². The smallest absolute Gasteiger partial charge is 0.263 e. The Labute approximate surface area is 154 Å². The van der Waals surface area contributed by atoms with Gasteiger partial charge in [-0.1, -0.05) is 13.8 Å². The minimum absolute atomic E-state index is 0.221. The van der Waals surface area contributed by atoms with E-state index in [0.29, 0.717) is 31.1 Å². The first-order chi connectivity index (χ1) is 12.4. The van der Waals surface area contributed by atoms with E-state index in [1.165, 1.54) is 0 Å². The summed E-state index contributed by atoms with van der Waals surface area (Å²) in [7, 11) is 0. The van der Waals surface area contributed by atoms with Gasteiger partial charge >= 0.3 is 0 Å². The van der Waals surface area contributed by atoms with Gasteiger partial charge in [0.05, 0.1) is 0 Å². The summed E-state index contributed by atoms with van der Waals surface area (Å²) in [4.78, 5) is 29.2. The van der Waals surface area contributed by atoms with Crippen LogP contribution in [0.3, 0.4) is 0 Å². The summed E-state index contributed by atoms with van der Waals surface area (Å²) >= 11 is 0. The fourth-order valence-corrected chi connectivity index (χ4v) is 2.65. The van der Waals surface area contributed by atoms with Crippen LogP contribution in [0.5, 0.6) is 0 Å². The SMILES string of the molecule is Cc1cnccc1NCCNC(=O)c1c(C)ccn(CCC(C)C)c1=O. The molecule has 0 spiro atoms. The topological polar surface area (TPSA) is 76.0 Å². The monoisotopic (exact) mass is 356 g/mol. The third-order valence-electron chi connectivity index (χ3n) is 4.29. The molecule has 1 amide bonds. The highest BCUT2D eigenvalue weighted by molar-refractivity contribution is 5.95. The van der Waals surface area contributed by atoms with Crippen LogP contribution in [0, 0.1) is 19.8 Å². The van der Waals surface area contributed by atoms with E-state index < -0.39 is 0 Å². The van der Waals surface area contributed by atoms with Crippen molar-refractivity contribution in [2.45, 2.75) is 40.7 Å². The summed E-state index contributed by atoms with van der Waals surface area (Å²) in [6, 6.07) is 3.72. The summed E-state index contributed by atoms with van der Waals surface area (Å²) in [5.41, 5.74) is 2.75. The molecule has 0 bridgehead atoms. The number of amides is 1. The Hall–Kier alpha value is -2.63. The van der Waals surface area contributed by atoms with Crippen molar-refractivity contribution in [3.63, 3.8) is 0 Å². The Kier molecular flexibility index (Phi) is 6.95. The minimum Gasteiger partial charge on any atom is -0.383 e. The molecule has 6 nitrogen and oxygen atoms in total. The number of rotatable bonds is 8. The number of carbonyl (C=O) groups excluding carboxylic acids is 1. The van der Waals surface area contributed by atoms with Gasteiger partial charge in [-0.25, -0.2) is 0 Å². The lowest BCUT2D eigenvalue weighted by Crippen LogP contribution is -2.36. The number of hydrogen-bond acceptors (Lipinski definition) is 4. The number of anilines is 1. The number of nitrogens with zero attached hydrogens (tertiary/aromatic N) is 2. The maximum absolute atomic E-state index is 12.6. The van der Waals surface area contributed by atoms with E-state index in [0.717, 1.165) is 17.7 Å². The van der Waals surface area contributed by atoms with Crippen molar-refractivity contribution in [1.29, 1.82) is 0 Å². The lowest BCUT2D eigenvalue weighted by atomic mass is 10.1. The van der Waals surface area contributed by atoms with Gasteiger partial charge in [0.15, 0.2) is 0 Å². The van der Waals surface area contributed by atoms with Crippen molar-refractivity contribution in [3.8, 4) is 0 Å². The van der Waals surface area contributed by atoms with E-state index in [2.05, 4.69) is 29.5 Å². The number of carbonyl (C=O) groups is 1. The lowest BCUT2D eigenvalue weighted by Gasteiger charge is -2.13. The van der Waals surface area contributed by atoms with Crippen LogP contribution in [-0.2, 0) is 6.54 Å². The first kappa shape index (κ1) is 19.7. The summed E-state index contributed by atoms with van der Waals surface area (Å²) in [6.45, 7) is 9.63. The average molecular weight is 356 g/mol. The Morgan fingerprint density at radius 2 is 1.96 bits per heavy atom. The quantitative estimate of drug-likeness (QED) is 0.713.